The molecule has 0 amide bonds. The molecular formula is C14H16O7. The van der Waals surface area contributed by atoms with Crippen LogP contribution in [0.5, 0.6) is 17.2 Å². The van der Waals surface area contributed by atoms with Crippen molar-refractivity contribution in [3.63, 3.8) is 0 Å². The minimum absolute atomic E-state index is 0.00306. The normalized spacial score (nSPS) is 22.3. The zero-order valence-electron chi connectivity index (χ0n) is 11.5. The summed E-state index contributed by atoms with van der Waals surface area (Å²) in [4.78, 5) is 23.2. The van der Waals surface area contributed by atoms with Crippen LogP contribution in [0, 0.1) is 5.92 Å². The molecule has 7 nitrogen and oxygen atoms in total. The third-order valence-corrected chi connectivity index (χ3v) is 3.91. The fraction of sp³-hybridized carbons (Fsp3) is 0.429. The van der Waals surface area contributed by atoms with E-state index in [1.165, 1.54) is 0 Å². The highest BCUT2D eigenvalue weighted by atomic mass is 16.6. The molecule has 0 radical (unpaired) electrons. The van der Waals surface area contributed by atoms with E-state index in [1.807, 2.05) is 6.92 Å². The molecular weight excluding hydrogens is 280 g/mol. The van der Waals surface area contributed by atoms with Gasteiger partial charge in [-0.1, -0.05) is 20.3 Å². The van der Waals surface area contributed by atoms with E-state index in [-0.39, 0.29) is 17.0 Å². The average molecular weight is 296 g/mol. The van der Waals surface area contributed by atoms with Crippen molar-refractivity contribution >= 4 is 11.9 Å². The van der Waals surface area contributed by atoms with Gasteiger partial charge in [0.25, 0.3) is 0 Å². The Labute approximate surface area is 120 Å². The third-order valence-electron chi connectivity index (χ3n) is 3.91. The minimum atomic E-state index is -1.45. The number of fused-ring (bicyclic) bond motifs is 1. The van der Waals surface area contributed by atoms with Crippen molar-refractivity contribution < 1.29 is 34.8 Å². The van der Waals surface area contributed by atoms with Gasteiger partial charge in [0.1, 0.15) is 0 Å². The number of carboxylic acids is 1. The van der Waals surface area contributed by atoms with Crippen molar-refractivity contribution in [1.82, 2.24) is 0 Å². The molecule has 3 atom stereocenters. The van der Waals surface area contributed by atoms with Crippen LogP contribution >= 0.6 is 0 Å². The van der Waals surface area contributed by atoms with Gasteiger partial charge in [-0.15, -0.1) is 0 Å². The van der Waals surface area contributed by atoms with Crippen LogP contribution in [0.4, 0.5) is 0 Å². The predicted octanol–water partition coefficient (Wildman–Crippen LogP) is 1.56. The van der Waals surface area contributed by atoms with E-state index in [1.54, 1.807) is 6.92 Å². The lowest BCUT2D eigenvalue weighted by atomic mass is 9.77. The summed E-state index contributed by atoms with van der Waals surface area (Å²) < 4.78 is 4.92. The van der Waals surface area contributed by atoms with E-state index in [9.17, 15) is 30.0 Å². The Morgan fingerprint density at radius 2 is 1.95 bits per heavy atom. The van der Waals surface area contributed by atoms with Crippen molar-refractivity contribution in [2.24, 2.45) is 5.92 Å². The van der Waals surface area contributed by atoms with E-state index in [2.05, 4.69) is 0 Å². The summed E-state index contributed by atoms with van der Waals surface area (Å²) in [6, 6.07) is 0.972. The zero-order chi connectivity index (χ0) is 15.9. The molecule has 1 aliphatic heterocycles. The van der Waals surface area contributed by atoms with Gasteiger partial charge < -0.3 is 25.2 Å². The molecule has 1 aromatic rings. The number of benzene rings is 1. The summed E-state index contributed by atoms with van der Waals surface area (Å²) in [6.45, 7) is 3.59. The van der Waals surface area contributed by atoms with Crippen molar-refractivity contribution in [2.45, 2.75) is 32.3 Å². The second-order valence-electron chi connectivity index (χ2n) is 5.13. The SMILES string of the molecule is CC[C@@H](C)C1c2c(cc(O)c(O)c2O)C(=O)O[C@@H]1C(=O)O. The van der Waals surface area contributed by atoms with E-state index in [4.69, 9.17) is 4.74 Å². The summed E-state index contributed by atoms with van der Waals surface area (Å²) in [5, 5.41) is 38.4. The van der Waals surface area contributed by atoms with Gasteiger partial charge >= 0.3 is 11.9 Å². The third kappa shape index (κ3) is 2.24. The molecule has 1 heterocycles. The van der Waals surface area contributed by atoms with Crippen LogP contribution in [0.25, 0.3) is 0 Å². The van der Waals surface area contributed by atoms with Crippen LogP contribution in [0.1, 0.15) is 42.1 Å². The van der Waals surface area contributed by atoms with Crippen molar-refractivity contribution in [2.75, 3.05) is 0 Å². The number of ether oxygens (including phenoxy) is 1. The lowest BCUT2D eigenvalue weighted by molar-refractivity contribution is -0.149. The Balaban J connectivity index is 2.73. The first-order valence-corrected chi connectivity index (χ1v) is 6.51. The molecule has 0 fully saturated rings. The number of hydrogen-bond acceptors (Lipinski definition) is 6. The number of phenols is 3. The first-order valence-electron chi connectivity index (χ1n) is 6.51. The monoisotopic (exact) mass is 296 g/mol. The molecule has 0 aromatic heterocycles. The number of carbonyl (C=O) groups is 2. The average Bonchev–Trinajstić information content (AvgIpc) is 2.44. The van der Waals surface area contributed by atoms with Crippen molar-refractivity contribution in [3.05, 3.63) is 17.2 Å². The molecule has 0 bridgehead atoms. The van der Waals surface area contributed by atoms with Gasteiger partial charge in [-0.3, -0.25) is 0 Å². The van der Waals surface area contributed by atoms with Gasteiger partial charge in [0.2, 0.25) is 11.9 Å². The smallest absolute Gasteiger partial charge is 0.345 e. The van der Waals surface area contributed by atoms with Crippen LogP contribution in [-0.2, 0) is 9.53 Å². The summed E-state index contributed by atoms with van der Waals surface area (Å²) in [7, 11) is 0. The van der Waals surface area contributed by atoms with Crippen LogP contribution in [0.3, 0.4) is 0 Å². The van der Waals surface area contributed by atoms with Crippen LogP contribution in [-0.4, -0.2) is 38.5 Å². The summed E-state index contributed by atoms with van der Waals surface area (Å²) in [5.74, 6) is -5.45. The molecule has 1 unspecified atom stereocenters. The molecule has 0 aliphatic carbocycles. The molecule has 1 aromatic carbocycles. The van der Waals surface area contributed by atoms with E-state index >= 15 is 0 Å². The van der Waals surface area contributed by atoms with Gasteiger partial charge in [0.05, 0.1) is 5.56 Å². The summed E-state index contributed by atoms with van der Waals surface area (Å²) in [5.41, 5.74) is -0.131. The second-order valence-corrected chi connectivity index (χ2v) is 5.13. The molecule has 2 rings (SSSR count). The Morgan fingerprint density at radius 3 is 2.48 bits per heavy atom. The number of rotatable bonds is 3. The number of carboxylic acid groups (broad SMARTS) is 1. The molecule has 0 saturated heterocycles. The van der Waals surface area contributed by atoms with E-state index in [0.29, 0.717) is 6.42 Å². The molecule has 0 saturated carbocycles. The fourth-order valence-corrected chi connectivity index (χ4v) is 2.61. The zero-order valence-corrected chi connectivity index (χ0v) is 11.5. The van der Waals surface area contributed by atoms with Crippen molar-refractivity contribution in [1.29, 1.82) is 0 Å². The quantitative estimate of drug-likeness (QED) is 0.492. The molecule has 21 heavy (non-hydrogen) atoms. The van der Waals surface area contributed by atoms with E-state index < -0.39 is 41.2 Å². The van der Waals surface area contributed by atoms with Crippen LogP contribution in [0.2, 0.25) is 0 Å². The summed E-state index contributed by atoms with van der Waals surface area (Å²) in [6.07, 6.45) is -0.873. The van der Waals surface area contributed by atoms with E-state index in [0.717, 1.165) is 6.07 Å². The lowest BCUT2D eigenvalue weighted by Crippen LogP contribution is -2.40. The van der Waals surface area contributed by atoms with Crippen LogP contribution in [0.15, 0.2) is 6.07 Å². The number of hydrogen-bond donors (Lipinski definition) is 4. The number of aromatic hydroxyl groups is 3. The first kappa shape index (κ1) is 15.0. The maximum atomic E-state index is 11.9. The largest absolute Gasteiger partial charge is 0.504 e. The molecule has 0 spiro atoms. The maximum absolute atomic E-state index is 11.9. The molecule has 7 heteroatoms. The number of cyclic esters (lactones) is 1. The second kappa shape index (κ2) is 5.16. The molecule has 1 aliphatic rings. The van der Waals surface area contributed by atoms with Crippen molar-refractivity contribution in [3.8, 4) is 17.2 Å². The van der Waals surface area contributed by atoms with Crippen LogP contribution < -0.4 is 0 Å². The predicted molar refractivity (Wildman–Crippen MR) is 70.5 cm³/mol. The highest BCUT2D eigenvalue weighted by Gasteiger charge is 2.45. The highest BCUT2D eigenvalue weighted by molar-refractivity contribution is 5.97. The fourth-order valence-electron chi connectivity index (χ4n) is 2.61. The summed E-state index contributed by atoms with van der Waals surface area (Å²) >= 11 is 0. The van der Waals surface area contributed by atoms with Gasteiger partial charge in [0, 0.05) is 11.5 Å². The molecule has 114 valence electrons. The first-order chi connectivity index (χ1) is 9.79. The number of aliphatic carboxylic acids is 1. The van der Waals surface area contributed by atoms with Gasteiger partial charge in [-0.05, 0) is 12.0 Å². The number of carbonyl (C=O) groups excluding carboxylic acids is 1. The van der Waals surface area contributed by atoms with Gasteiger partial charge in [-0.2, -0.15) is 0 Å². The topological polar surface area (TPSA) is 124 Å². The molecule has 4 N–H and O–H groups in total. The highest BCUT2D eigenvalue weighted by Crippen LogP contribution is 2.49. The minimum Gasteiger partial charge on any atom is -0.504 e. The standard InChI is InChI=1S/C14H16O7/c1-3-5(2)8-9-6(4-7(15)10(16)11(9)17)14(20)21-12(8)13(18)19/h4-5,8,12,15-17H,3H2,1-2H3,(H,18,19)/t5-,8?,12+/m1/s1. The number of esters is 1. The van der Waals surface area contributed by atoms with Gasteiger partial charge in [-0.25, -0.2) is 9.59 Å². The Kier molecular flexibility index (Phi) is 3.67. The van der Waals surface area contributed by atoms with Gasteiger partial charge in [0.15, 0.2) is 11.5 Å². The maximum Gasteiger partial charge on any atom is 0.345 e. The Bertz CT molecular complexity index is 608. The Morgan fingerprint density at radius 1 is 1.33 bits per heavy atom. The lowest BCUT2D eigenvalue weighted by Gasteiger charge is -2.34. The number of phenolic OH excluding ortho intramolecular Hbond substituents is 3. The Hall–Kier alpha value is -2.44.